The fourth-order valence-corrected chi connectivity index (χ4v) is 5.10. The van der Waals surface area contributed by atoms with E-state index in [4.69, 9.17) is 4.18 Å². The van der Waals surface area contributed by atoms with Crippen molar-refractivity contribution < 1.29 is 12.6 Å². The van der Waals surface area contributed by atoms with Gasteiger partial charge in [0.15, 0.2) is 0 Å². The monoisotopic (exact) mass is 450 g/mol. The Bertz CT molecular complexity index is 1090. The second kappa shape index (κ2) is 10.3. The minimum absolute atomic E-state index is 0.186. The van der Waals surface area contributed by atoms with E-state index in [1.54, 1.807) is 24.3 Å². The molecule has 3 aromatic rings. The molecule has 1 unspecified atom stereocenters. The standard InChI is InChI=1S/C26H30N2O3S/c1-22-13-15-25(16-14-22)32(29,30)31-20-8-17-27-18-19-28(24-11-6-3-7-12-24)26(21-27)23-9-4-2-5-10-23/h2-7,9-16,26H,8,17-21H2,1H3. The highest BCUT2D eigenvalue weighted by atomic mass is 32.2. The first-order valence-corrected chi connectivity index (χ1v) is 12.5. The molecule has 0 bridgehead atoms. The zero-order valence-electron chi connectivity index (χ0n) is 18.4. The third-order valence-corrected chi connectivity index (χ3v) is 7.23. The Morgan fingerprint density at radius 1 is 0.875 bits per heavy atom. The highest BCUT2D eigenvalue weighted by molar-refractivity contribution is 7.86. The molecule has 1 fully saturated rings. The second-order valence-corrected chi connectivity index (χ2v) is 9.81. The highest BCUT2D eigenvalue weighted by Crippen LogP contribution is 2.30. The van der Waals surface area contributed by atoms with E-state index in [0.717, 1.165) is 31.7 Å². The van der Waals surface area contributed by atoms with E-state index in [1.165, 1.54) is 11.3 Å². The summed E-state index contributed by atoms with van der Waals surface area (Å²) in [4.78, 5) is 5.08. The molecule has 5 nitrogen and oxygen atoms in total. The topological polar surface area (TPSA) is 49.9 Å². The normalized spacial score (nSPS) is 17.4. The van der Waals surface area contributed by atoms with E-state index in [1.807, 2.05) is 19.1 Å². The summed E-state index contributed by atoms with van der Waals surface area (Å²) in [5.74, 6) is 0. The van der Waals surface area contributed by atoms with Gasteiger partial charge in [-0.2, -0.15) is 8.42 Å². The molecule has 1 aliphatic heterocycles. The molecule has 6 heteroatoms. The SMILES string of the molecule is Cc1ccc(S(=O)(=O)OCCCN2CCN(c3ccccc3)C(c3ccccc3)C2)cc1. The maximum absolute atomic E-state index is 12.4. The Balaban J connectivity index is 1.35. The molecule has 0 amide bonds. The lowest BCUT2D eigenvalue weighted by molar-refractivity contribution is 0.202. The minimum Gasteiger partial charge on any atom is -0.362 e. The van der Waals surface area contributed by atoms with Crippen LogP contribution in [0, 0.1) is 6.92 Å². The molecule has 1 heterocycles. The first kappa shape index (κ1) is 22.5. The lowest BCUT2D eigenvalue weighted by Crippen LogP contribution is -2.48. The molecule has 1 saturated heterocycles. The van der Waals surface area contributed by atoms with Gasteiger partial charge in [-0.15, -0.1) is 0 Å². The molecule has 32 heavy (non-hydrogen) atoms. The van der Waals surface area contributed by atoms with Crippen LogP contribution in [0.25, 0.3) is 0 Å². The van der Waals surface area contributed by atoms with Crippen LogP contribution in [0.15, 0.2) is 89.8 Å². The molecule has 4 rings (SSSR count). The van der Waals surface area contributed by atoms with Crippen molar-refractivity contribution in [3.05, 3.63) is 96.1 Å². The lowest BCUT2D eigenvalue weighted by atomic mass is 10.0. The molecule has 0 saturated carbocycles. The summed E-state index contributed by atoms with van der Waals surface area (Å²) < 4.78 is 30.1. The summed E-state index contributed by atoms with van der Waals surface area (Å²) in [5, 5.41) is 0. The molecule has 168 valence electrons. The van der Waals surface area contributed by atoms with Crippen LogP contribution in [0.5, 0.6) is 0 Å². The average Bonchev–Trinajstić information content (AvgIpc) is 2.83. The van der Waals surface area contributed by atoms with Crippen LogP contribution in [-0.2, 0) is 14.3 Å². The number of nitrogens with zero attached hydrogens (tertiary/aromatic N) is 2. The fraction of sp³-hybridized carbons (Fsp3) is 0.308. The van der Waals surface area contributed by atoms with Crippen molar-refractivity contribution in [3.8, 4) is 0 Å². The number of anilines is 1. The number of hydrogen-bond donors (Lipinski definition) is 0. The third kappa shape index (κ3) is 5.57. The van der Waals surface area contributed by atoms with E-state index in [2.05, 4.69) is 58.3 Å². The Morgan fingerprint density at radius 3 is 2.22 bits per heavy atom. The van der Waals surface area contributed by atoms with Gasteiger partial charge in [-0.3, -0.25) is 9.08 Å². The number of piperazine rings is 1. The molecular weight excluding hydrogens is 420 g/mol. The van der Waals surface area contributed by atoms with Gasteiger partial charge < -0.3 is 4.90 Å². The van der Waals surface area contributed by atoms with Gasteiger partial charge in [-0.1, -0.05) is 66.2 Å². The predicted molar refractivity (Wildman–Crippen MR) is 128 cm³/mol. The molecule has 0 aliphatic carbocycles. The number of rotatable bonds is 8. The summed E-state index contributed by atoms with van der Waals surface area (Å²) in [6.07, 6.45) is 0.665. The smallest absolute Gasteiger partial charge is 0.296 e. The Labute approximate surface area is 191 Å². The number of hydrogen-bond acceptors (Lipinski definition) is 5. The number of aryl methyl sites for hydroxylation is 1. The summed E-state index contributed by atoms with van der Waals surface area (Å²) in [6.45, 7) is 5.66. The second-order valence-electron chi connectivity index (χ2n) is 8.20. The molecule has 1 aliphatic rings. The van der Waals surface area contributed by atoms with Gasteiger partial charge >= 0.3 is 0 Å². The van der Waals surface area contributed by atoms with Gasteiger partial charge in [0.1, 0.15) is 0 Å². The van der Waals surface area contributed by atoms with Crippen LogP contribution in [0.3, 0.4) is 0 Å². The number of para-hydroxylation sites is 1. The summed E-state index contributed by atoms with van der Waals surface area (Å²) in [6, 6.07) is 28.1. The minimum atomic E-state index is -3.71. The Morgan fingerprint density at radius 2 is 1.53 bits per heavy atom. The van der Waals surface area contributed by atoms with Crippen molar-refractivity contribution in [2.45, 2.75) is 24.3 Å². The van der Waals surface area contributed by atoms with Gasteiger partial charge in [-0.25, -0.2) is 0 Å². The zero-order valence-corrected chi connectivity index (χ0v) is 19.2. The van der Waals surface area contributed by atoms with Crippen LogP contribution in [-0.4, -0.2) is 46.1 Å². The molecule has 0 N–H and O–H groups in total. The van der Waals surface area contributed by atoms with Gasteiger partial charge in [0.2, 0.25) is 0 Å². The van der Waals surface area contributed by atoms with Crippen LogP contribution < -0.4 is 4.90 Å². The van der Waals surface area contributed by atoms with E-state index in [0.29, 0.717) is 6.42 Å². The van der Waals surface area contributed by atoms with Crippen molar-refractivity contribution in [1.29, 1.82) is 0 Å². The maximum Gasteiger partial charge on any atom is 0.296 e. The van der Waals surface area contributed by atoms with E-state index < -0.39 is 10.1 Å². The highest BCUT2D eigenvalue weighted by Gasteiger charge is 2.28. The van der Waals surface area contributed by atoms with E-state index in [-0.39, 0.29) is 17.5 Å². The number of benzene rings is 3. The van der Waals surface area contributed by atoms with Crippen LogP contribution in [0.4, 0.5) is 5.69 Å². The Hall–Kier alpha value is -2.67. The van der Waals surface area contributed by atoms with Crippen LogP contribution in [0.1, 0.15) is 23.6 Å². The van der Waals surface area contributed by atoms with Crippen molar-refractivity contribution >= 4 is 15.8 Å². The summed E-state index contributed by atoms with van der Waals surface area (Å²) in [5.41, 5.74) is 3.54. The van der Waals surface area contributed by atoms with Gasteiger partial charge in [0, 0.05) is 31.9 Å². The molecule has 1 atom stereocenters. The van der Waals surface area contributed by atoms with Crippen molar-refractivity contribution in [2.24, 2.45) is 0 Å². The van der Waals surface area contributed by atoms with Gasteiger partial charge in [-0.05, 0) is 43.2 Å². The van der Waals surface area contributed by atoms with Gasteiger partial charge in [0.05, 0.1) is 17.5 Å². The predicted octanol–water partition coefficient (Wildman–Crippen LogP) is 4.65. The van der Waals surface area contributed by atoms with Crippen LogP contribution >= 0.6 is 0 Å². The maximum atomic E-state index is 12.4. The van der Waals surface area contributed by atoms with Gasteiger partial charge in [0.25, 0.3) is 10.1 Å². The van der Waals surface area contributed by atoms with E-state index in [9.17, 15) is 8.42 Å². The lowest BCUT2D eigenvalue weighted by Gasteiger charge is -2.43. The molecular formula is C26H30N2O3S. The Kier molecular flexibility index (Phi) is 7.25. The quantitative estimate of drug-likeness (QED) is 0.369. The first-order chi connectivity index (χ1) is 15.5. The fourth-order valence-electron chi connectivity index (χ4n) is 4.16. The average molecular weight is 451 g/mol. The molecule has 3 aromatic carbocycles. The largest absolute Gasteiger partial charge is 0.362 e. The van der Waals surface area contributed by atoms with E-state index >= 15 is 0 Å². The summed E-state index contributed by atoms with van der Waals surface area (Å²) >= 11 is 0. The van der Waals surface area contributed by atoms with Crippen molar-refractivity contribution in [2.75, 3.05) is 37.7 Å². The first-order valence-electron chi connectivity index (χ1n) is 11.1. The molecule has 0 aromatic heterocycles. The molecule has 0 spiro atoms. The van der Waals surface area contributed by atoms with Crippen LogP contribution in [0.2, 0.25) is 0 Å². The third-order valence-electron chi connectivity index (χ3n) is 5.90. The van der Waals surface area contributed by atoms with Crippen molar-refractivity contribution in [3.63, 3.8) is 0 Å². The van der Waals surface area contributed by atoms with Crippen molar-refractivity contribution in [1.82, 2.24) is 4.90 Å². The summed E-state index contributed by atoms with van der Waals surface area (Å²) in [7, 11) is -3.71. The molecule has 0 radical (unpaired) electrons. The zero-order chi connectivity index (χ0) is 22.4.